The van der Waals surface area contributed by atoms with E-state index in [1.165, 1.54) is 6.26 Å². The fraction of sp³-hybridized carbons (Fsp3) is 0.500. The van der Waals surface area contributed by atoms with E-state index in [0.29, 0.717) is 32.5 Å². The Bertz CT molecular complexity index is 505. The molecule has 7 nitrogen and oxygen atoms in total. The summed E-state index contributed by atoms with van der Waals surface area (Å²) in [6, 6.07) is 3.21. The molecule has 1 saturated heterocycles. The number of amides is 2. The van der Waals surface area contributed by atoms with Gasteiger partial charge in [0.05, 0.1) is 12.7 Å². The van der Waals surface area contributed by atoms with E-state index in [-0.39, 0.29) is 29.9 Å². The fourth-order valence-corrected chi connectivity index (χ4v) is 2.24. The molecule has 2 rings (SSSR count). The number of hydrogen-bond donors (Lipinski definition) is 2. The zero-order chi connectivity index (χ0) is 15.2. The van der Waals surface area contributed by atoms with Crippen molar-refractivity contribution in [3.63, 3.8) is 0 Å². The van der Waals surface area contributed by atoms with Crippen molar-refractivity contribution in [1.82, 2.24) is 10.2 Å². The Balaban J connectivity index is 1.56. The molecule has 1 aliphatic rings. The van der Waals surface area contributed by atoms with Gasteiger partial charge in [0.15, 0.2) is 5.76 Å². The lowest BCUT2D eigenvalue weighted by Crippen LogP contribution is -2.50. The Morgan fingerprint density at radius 3 is 2.76 bits per heavy atom. The van der Waals surface area contributed by atoms with Crippen LogP contribution in [0.3, 0.4) is 0 Å². The van der Waals surface area contributed by atoms with Crippen LogP contribution in [0.1, 0.15) is 29.8 Å². The maximum absolute atomic E-state index is 11.8. The van der Waals surface area contributed by atoms with Crippen LogP contribution in [0.2, 0.25) is 0 Å². The molecule has 0 saturated carbocycles. The van der Waals surface area contributed by atoms with E-state index >= 15 is 0 Å². The summed E-state index contributed by atoms with van der Waals surface area (Å²) >= 11 is 0. The number of hydrogen-bond acceptors (Lipinski definition) is 4. The van der Waals surface area contributed by atoms with Crippen LogP contribution in [0.15, 0.2) is 22.8 Å². The molecule has 0 unspecified atom stereocenters. The van der Waals surface area contributed by atoms with E-state index in [4.69, 9.17) is 9.52 Å². The van der Waals surface area contributed by atoms with Crippen molar-refractivity contribution < 1.29 is 23.9 Å². The van der Waals surface area contributed by atoms with Gasteiger partial charge in [-0.2, -0.15) is 0 Å². The van der Waals surface area contributed by atoms with E-state index in [1.54, 1.807) is 17.0 Å². The average molecular weight is 294 g/mol. The zero-order valence-corrected chi connectivity index (χ0v) is 11.6. The van der Waals surface area contributed by atoms with Crippen molar-refractivity contribution in [2.75, 3.05) is 19.6 Å². The van der Waals surface area contributed by atoms with Gasteiger partial charge in [-0.25, -0.2) is 0 Å². The second-order valence-electron chi connectivity index (χ2n) is 5.10. The Hall–Kier alpha value is -2.31. The summed E-state index contributed by atoms with van der Waals surface area (Å²) in [5, 5.41) is 11.3. The van der Waals surface area contributed by atoms with Crippen LogP contribution in [0, 0.1) is 5.92 Å². The molecule has 1 aliphatic heterocycles. The largest absolute Gasteiger partial charge is 0.481 e. The summed E-state index contributed by atoms with van der Waals surface area (Å²) < 4.78 is 4.95. The minimum atomic E-state index is -0.826. The highest BCUT2D eigenvalue weighted by Crippen LogP contribution is 2.20. The predicted molar refractivity (Wildman–Crippen MR) is 72.6 cm³/mol. The van der Waals surface area contributed by atoms with Crippen LogP contribution < -0.4 is 5.32 Å². The van der Waals surface area contributed by atoms with Gasteiger partial charge in [-0.05, 0) is 18.6 Å². The molecular formula is C14H18N2O5. The molecule has 0 spiro atoms. The third-order valence-corrected chi connectivity index (χ3v) is 3.37. The lowest BCUT2D eigenvalue weighted by molar-refractivity contribution is -0.145. The van der Waals surface area contributed by atoms with Gasteiger partial charge in [0.25, 0.3) is 5.91 Å². The molecule has 0 radical (unpaired) electrons. The van der Waals surface area contributed by atoms with Crippen LogP contribution in [0.4, 0.5) is 0 Å². The molecule has 0 bridgehead atoms. The molecule has 1 aromatic rings. The summed E-state index contributed by atoms with van der Waals surface area (Å²) in [6.07, 6.45) is 2.43. The van der Waals surface area contributed by atoms with Crippen LogP contribution in [0.25, 0.3) is 0 Å². The summed E-state index contributed by atoms with van der Waals surface area (Å²) in [7, 11) is 0. The van der Waals surface area contributed by atoms with Crippen LogP contribution >= 0.6 is 0 Å². The number of rotatable bonds is 7. The van der Waals surface area contributed by atoms with Crippen LogP contribution in [-0.4, -0.2) is 47.4 Å². The lowest BCUT2D eigenvalue weighted by atomic mass is 9.96. The number of likely N-dealkylation sites (tertiary alicyclic amines) is 1. The molecule has 7 heteroatoms. The van der Waals surface area contributed by atoms with Gasteiger partial charge < -0.3 is 19.7 Å². The number of aliphatic carboxylic acids is 1. The number of carbonyl (C=O) groups is 3. The molecule has 0 atom stereocenters. The van der Waals surface area contributed by atoms with E-state index in [2.05, 4.69) is 5.32 Å². The number of furan rings is 1. The summed E-state index contributed by atoms with van der Waals surface area (Å²) in [5.41, 5.74) is 0. The Labute approximate surface area is 121 Å². The van der Waals surface area contributed by atoms with Gasteiger partial charge >= 0.3 is 5.97 Å². The molecule has 114 valence electrons. The second kappa shape index (κ2) is 6.92. The number of nitrogens with one attached hydrogen (secondary N) is 1. The topological polar surface area (TPSA) is 99.9 Å². The van der Waals surface area contributed by atoms with Crippen molar-refractivity contribution in [2.24, 2.45) is 5.92 Å². The first-order chi connectivity index (χ1) is 10.1. The molecule has 0 aliphatic carbocycles. The normalized spacial score (nSPS) is 14.6. The van der Waals surface area contributed by atoms with E-state index in [9.17, 15) is 14.4 Å². The maximum Gasteiger partial charge on any atom is 0.303 e. The number of carbonyl (C=O) groups excluding carboxylic acids is 2. The standard InChI is InChI=1S/C14H18N2O5/c17-12(16-8-10(9-16)7-13(18)19)4-1-5-15-14(20)11-3-2-6-21-11/h2-3,6,10H,1,4-5,7-9H2,(H,15,20)(H,18,19). The second-order valence-corrected chi connectivity index (χ2v) is 5.10. The monoisotopic (exact) mass is 294 g/mol. The lowest BCUT2D eigenvalue weighted by Gasteiger charge is -2.38. The van der Waals surface area contributed by atoms with Crippen LogP contribution in [-0.2, 0) is 9.59 Å². The van der Waals surface area contributed by atoms with E-state index in [0.717, 1.165) is 0 Å². The third kappa shape index (κ3) is 4.34. The molecule has 0 aromatic carbocycles. The number of nitrogens with zero attached hydrogens (tertiary/aromatic N) is 1. The van der Waals surface area contributed by atoms with E-state index < -0.39 is 5.97 Å². The Morgan fingerprint density at radius 1 is 1.38 bits per heavy atom. The first kappa shape index (κ1) is 15.1. The van der Waals surface area contributed by atoms with Gasteiger partial charge in [0.2, 0.25) is 5.91 Å². The zero-order valence-electron chi connectivity index (χ0n) is 11.6. The number of carboxylic acid groups (broad SMARTS) is 1. The molecular weight excluding hydrogens is 276 g/mol. The van der Waals surface area contributed by atoms with Gasteiger partial charge in [-0.3, -0.25) is 14.4 Å². The highest BCUT2D eigenvalue weighted by atomic mass is 16.4. The highest BCUT2D eigenvalue weighted by Gasteiger charge is 2.31. The molecule has 2 N–H and O–H groups in total. The smallest absolute Gasteiger partial charge is 0.303 e. The first-order valence-corrected chi connectivity index (χ1v) is 6.87. The van der Waals surface area contributed by atoms with Crippen molar-refractivity contribution in [2.45, 2.75) is 19.3 Å². The average Bonchev–Trinajstić information content (AvgIpc) is 2.91. The molecule has 2 amide bonds. The van der Waals surface area contributed by atoms with Gasteiger partial charge in [0.1, 0.15) is 0 Å². The maximum atomic E-state index is 11.8. The van der Waals surface area contributed by atoms with Crippen molar-refractivity contribution in [3.05, 3.63) is 24.2 Å². The van der Waals surface area contributed by atoms with Crippen molar-refractivity contribution in [3.8, 4) is 0 Å². The fourth-order valence-electron chi connectivity index (χ4n) is 2.24. The Morgan fingerprint density at radius 2 is 2.14 bits per heavy atom. The number of carboxylic acids is 1. The summed E-state index contributed by atoms with van der Waals surface area (Å²) in [6.45, 7) is 1.44. The summed E-state index contributed by atoms with van der Waals surface area (Å²) in [4.78, 5) is 35.5. The van der Waals surface area contributed by atoms with Gasteiger partial charge in [-0.1, -0.05) is 0 Å². The van der Waals surface area contributed by atoms with Crippen LogP contribution in [0.5, 0.6) is 0 Å². The van der Waals surface area contributed by atoms with Gasteiger partial charge in [-0.15, -0.1) is 0 Å². The molecule has 2 heterocycles. The first-order valence-electron chi connectivity index (χ1n) is 6.87. The third-order valence-electron chi connectivity index (χ3n) is 3.37. The SMILES string of the molecule is O=C(O)CC1CN(C(=O)CCCNC(=O)c2ccco2)C1. The van der Waals surface area contributed by atoms with Crippen molar-refractivity contribution in [1.29, 1.82) is 0 Å². The summed E-state index contributed by atoms with van der Waals surface area (Å²) in [5.74, 6) is -0.791. The quantitative estimate of drug-likeness (QED) is 0.722. The molecule has 1 aromatic heterocycles. The Kier molecular flexibility index (Phi) is 4.97. The van der Waals surface area contributed by atoms with Crippen molar-refractivity contribution >= 4 is 17.8 Å². The highest BCUT2D eigenvalue weighted by molar-refractivity contribution is 5.91. The van der Waals surface area contributed by atoms with E-state index in [1.807, 2.05) is 0 Å². The minimum absolute atomic E-state index is 0.00360. The predicted octanol–water partition coefficient (Wildman–Crippen LogP) is 0.723. The molecule has 21 heavy (non-hydrogen) atoms. The van der Waals surface area contributed by atoms with Gasteiger partial charge in [0, 0.05) is 32.0 Å². The molecule has 1 fully saturated rings. The minimum Gasteiger partial charge on any atom is -0.481 e.